The van der Waals surface area contributed by atoms with Crippen molar-refractivity contribution in [1.82, 2.24) is 14.4 Å². The summed E-state index contributed by atoms with van der Waals surface area (Å²) in [5.41, 5.74) is 0.719. The monoisotopic (exact) mass is 363 g/mol. The van der Waals surface area contributed by atoms with Gasteiger partial charge in [-0.05, 0) is 45.2 Å². The predicted molar refractivity (Wildman–Crippen MR) is 99.4 cm³/mol. The Kier molecular flexibility index (Phi) is 6.23. The zero-order valence-corrected chi connectivity index (χ0v) is 16.3. The molecule has 0 fully saturated rings. The molecule has 1 amide bonds. The molecule has 0 saturated carbocycles. The molecule has 0 atom stereocenters. The fourth-order valence-electron chi connectivity index (χ4n) is 3.70. The number of carboxylic acids is 1. The average molecular weight is 363 g/mol. The summed E-state index contributed by atoms with van der Waals surface area (Å²) in [5.74, 6) is -1.24. The Labute approximate surface area is 154 Å². The van der Waals surface area contributed by atoms with E-state index >= 15 is 0 Å². The van der Waals surface area contributed by atoms with E-state index in [-0.39, 0.29) is 11.5 Å². The van der Waals surface area contributed by atoms with Crippen LogP contribution in [0.2, 0.25) is 0 Å². The van der Waals surface area contributed by atoms with Gasteiger partial charge in [0.05, 0.1) is 0 Å². The zero-order chi connectivity index (χ0) is 19.6. The third-order valence-electron chi connectivity index (χ3n) is 5.05. The molecule has 0 radical (unpaired) electrons. The summed E-state index contributed by atoms with van der Waals surface area (Å²) < 4.78 is 1.49. The quantitative estimate of drug-likeness (QED) is 0.829. The summed E-state index contributed by atoms with van der Waals surface area (Å²) in [7, 11) is 0. The van der Waals surface area contributed by atoms with Gasteiger partial charge in [0.1, 0.15) is 5.56 Å². The molecular weight excluding hydrogens is 334 g/mol. The lowest BCUT2D eigenvalue weighted by Gasteiger charge is -2.32. The number of amides is 1. The van der Waals surface area contributed by atoms with E-state index in [1.165, 1.54) is 11.5 Å². The van der Waals surface area contributed by atoms with Crippen LogP contribution in [0.25, 0.3) is 0 Å². The minimum atomic E-state index is -1.19. The largest absolute Gasteiger partial charge is 0.477 e. The van der Waals surface area contributed by atoms with Crippen molar-refractivity contribution in [3.8, 4) is 0 Å². The van der Waals surface area contributed by atoms with Gasteiger partial charge in [-0.3, -0.25) is 14.5 Å². The maximum Gasteiger partial charge on any atom is 0.341 e. The number of aromatic carboxylic acids is 1. The summed E-state index contributed by atoms with van der Waals surface area (Å²) in [6, 6.07) is 0.658. The van der Waals surface area contributed by atoms with Crippen molar-refractivity contribution in [2.75, 3.05) is 13.1 Å². The van der Waals surface area contributed by atoms with E-state index in [0.29, 0.717) is 50.2 Å². The van der Waals surface area contributed by atoms with E-state index in [1.54, 1.807) is 11.1 Å². The van der Waals surface area contributed by atoms with Crippen molar-refractivity contribution in [3.63, 3.8) is 0 Å². The second kappa shape index (κ2) is 8.03. The molecule has 0 unspecified atom stereocenters. The standard InChI is InChI=1S/C19H29N3O4/c1-12(2)22(13(3)4)9-8-21-11-15-10-20(14(5)23)7-6-16(15)17(18(21)24)19(25)26/h11-13H,6-10H2,1-5H3,(H,25,26). The fourth-order valence-corrected chi connectivity index (χ4v) is 3.70. The molecule has 1 aliphatic rings. The Morgan fingerprint density at radius 2 is 1.85 bits per heavy atom. The molecule has 0 spiro atoms. The lowest BCUT2D eigenvalue weighted by molar-refractivity contribution is -0.129. The van der Waals surface area contributed by atoms with E-state index in [4.69, 9.17) is 0 Å². The molecule has 1 aromatic rings. The number of carbonyl (C=O) groups is 2. The Balaban J connectivity index is 2.40. The molecule has 0 saturated heterocycles. The van der Waals surface area contributed by atoms with Gasteiger partial charge in [-0.2, -0.15) is 0 Å². The van der Waals surface area contributed by atoms with Crippen LogP contribution in [0.15, 0.2) is 11.0 Å². The van der Waals surface area contributed by atoms with Crippen molar-refractivity contribution in [2.24, 2.45) is 0 Å². The summed E-state index contributed by atoms with van der Waals surface area (Å²) in [6.45, 7) is 11.8. The first kappa shape index (κ1) is 20.2. The van der Waals surface area contributed by atoms with Crippen LogP contribution >= 0.6 is 0 Å². The normalized spacial score (nSPS) is 14.2. The van der Waals surface area contributed by atoms with Gasteiger partial charge in [-0.1, -0.05) is 0 Å². The summed E-state index contributed by atoms with van der Waals surface area (Å²) >= 11 is 0. The molecule has 1 aliphatic heterocycles. The maximum atomic E-state index is 12.7. The van der Waals surface area contributed by atoms with Gasteiger partial charge in [0, 0.05) is 51.4 Å². The molecule has 7 heteroatoms. The molecule has 1 N–H and O–H groups in total. The van der Waals surface area contributed by atoms with Gasteiger partial charge in [0.2, 0.25) is 5.91 Å². The van der Waals surface area contributed by atoms with Crippen molar-refractivity contribution < 1.29 is 14.7 Å². The first-order chi connectivity index (χ1) is 12.1. The lowest BCUT2D eigenvalue weighted by atomic mass is 9.96. The lowest BCUT2D eigenvalue weighted by Crippen LogP contribution is -2.42. The molecule has 7 nitrogen and oxygen atoms in total. The first-order valence-corrected chi connectivity index (χ1v) is 9.13. The second-order valence-electron chi connectivity index (χ2n) is 7.43. The molecule has 2 rings (SSSR count). The Bertz CT molecular complexity index is 744. The highest BCUT2D eigenvalue weighted by atomic mass is 16.4. The molecule has 2 heterocycles. The molecule has 26 heavy (non-hydrogen) atoms. The second-order valence-corrected chi connectivity index (χ2v) is 7.43. The number of pyridine rings is 1. The van der Waals surface area contributed by atoms with Crippen molar-refractivity contribution in [2.45, 2.75) is 66.2 Å². The molecule has 1 aromatic heterocycles. The van der Waals surface area contributed by atoms with Gasteiger partial charge >= 0.3 is 5.97 Å². The smallest absolute Gasteiger partial charge is 0.341 e. The third-order valence-corrected chi connectivity index (χ3v) is 5.05. The Morgan fingerprint density at radius 3 is 2.35 bits per heavy atom. The maximum absolute atomic E-state index is 12.7. The van der Waals surface area contributed by atoms with E-state index < -0.39 is 11.5 Å². The topological polar surface area (TPSA) is 82.9 Å². The number of carboxylic acid groups (broad SMARTS) is 1. The first-order valence-electron chi connectivity index (χ1n) is 9.13. The number of hydrogen-bond donors (Lipinski definition) is 1. The predicted octanol–water partition coefficient (Wildman–Crippen LogP) is 1.57. The van der Waals surface area contributed by atoms with Crippen molar-refractivity contribution in [1.29, 1.82) is 0 Å². The number of nitrogens with zero attached hydrogens (tertiary/aromatic N) is 3. The Morgan fingerprint density at radius 1 is 1.23 bits per heavy atom. The van der Waals surface area contributed by atoms with Crippen LogP contribution in [-0.4, -0.2) is 56.5 Å². The number of carbonyl (C=O) groups excluding carboxylic acids is 1. The Hall–Kier alpha value is -2.15. The van der Waals surface area contributed by atoms with Crippen LogP contribution in [-0.2, 0) is 24.3 Å². The van der Waals surface area contributed by atoms with Crippen LogP contribution in [0.3, 0.4) is 0 Å². The third kappa shape index (κ3) is 4.15. The van der Waals surface area contributed by atoms with Crippen LogP contribution in [0, 0.1) is 0 Å². The fraction of sp³-hybridized carbons (Fsp3) is 0.632. The van der Waals surface area contributed by atoms with Gasteiger partial charge < -0.3 is 14.6 Å². The van der Waals surface area contributed by atoms with Gasteiger partial charge in [0.15, 0.2) is 0 Å². The molecule has 0 bridgehead atoms. The van der Waals surface area contributed by atoms with E-state index in [9.17, 15) is 19.5 Å². The minimum absolute atomic E-state index is 0.0453. The zero-order valence-electron chi connectivity index (χ0n) is 16.3. The highest BCUT2D eigenvalue weighted by Crippen LogP contribution is 2.21. The van der Waals surface area contributed by atoms with Crippen molar-refractivity contribution >= 4 is 11.9 Å². The molecule has 0 aromatic carbocycles. The SMILES string of the molecule is CC(=O)N1CCc2c(cn(CCN(C(C)C)C(C)C)c(=O)c2C(=O)O)C1. The number of aromatic nitrogens is 1. The molecule has 0 aliphatic carbocycles. The summed E-state index contributed by atoms with van der Waals surface area (Å²) in [5, 5.41) is 9.57. The summed E-state index contributed by atoms with van der Waals surface area (Å²) in [6.07, 6.45) is 2.13. The highest BCUT2D eigenvalue weighted by Gasteiger charge is 2.27. The van der Waals surface area contributed by atoms with E-state index in [2.05, 4.69) is 32.6 Å². The summed E-state index contributed by atoms with van der Waals surface area (Å²) in [4.78, 5) is 40.1. The molecule has 144 valence electrons. The number of rotatable bonds is 6. The minimum Gasteiger partial charge on any atom is -0.477 e. The van der Waals surface area contributed by atoms with Crippen molar-refractivity contribution in [3.05, 3.63) is 33.2 Å². The number of fused-ring (bicyclic) bond motifs is 1. The van der Waals surface area contributed by atoms with E-state index in [0.717, 1.165) is 5.56 Å². The van der Waals surface area contributed by atoms with Gasteiger partial charge in [0.25, 0.3) is 5.56 Å². The molecular formula is C19H29N3O4. The highest BCUT2D eigenvalue weighted by molar-refractivity contribution is 5.89. The van der Waals surface area contributed by atoms with Crippen LogP contribution in [0.1, 0.15) is 56.1 Å². The van der Waals surface area contributed by atoms with Gasteiger partial charge in [-0.25, -0.2) is 4.79 Å². The van der Waals surface area contributed by atoms with Crippen LogP contribution in [0.4, 0.5) is 0 Å². The van der Waals surface area contributed by atoms with Gasteiger partial charge in [-0.15, -0.1) is 0 Å². The van der Waals surface area contributed by atoms with E-state index in [1.807, 2.05) is 0 Å². The number of hydrogen-bond acceptors (Lipinski definition) is 4. The average Bonchev–Trinajstić information content (AvgIpc) is 2.53. The van der Waals surface area contributed by atoms with Crippen LogP contribution in [0.5, 0.6) is 0 Å². The van der Waals surface area contributed by atoms with Crippen LogP contribution < -0.4 is 5.56 Å².